The molecule has 0 aliphatic heterocycles. The van der Waals surface area contributed by atoms with Gasteiger partial charge in [-0.05, 0) is 48.5 Å². The van der Waals surface area contributed by atoms with E-state index in [2.05, 4.69) is 0 Å². The predicted octanol–water partition coefficient (Wildman–Crippen LogP) is 4.83. The Labute approximate surface area is 188 Å². The van der Waals surface area contributed by atoms with Gasteiger partial charge in [-0.15, -0.1) is 0 Å². The molecule has 3 aromatic carbocycles. The van der Waals surface area contributed by atoms with Gasteiger partial charge in [-0.1, -0.05) is 0 Å². The van der Waals surface area contributed by atoms with Crippen LogP contribution >= 0.6 is 0 Å². The van der Waals surface area contributed by atoms with Crippen molar-refractivity contribution in [3.63, 3.8) is 0 Å². The number of esters is 1. The number of ether oxygens (including phenoxy) is 5. The van der Waals surface area contributed by atoms with Crippen molar-refractivity contribution in [3.8, 4) is 34.5 Å². The third-order valence-electron chi connectivity index (χ3n) is 4.80. The Balaban J connectivity index is 1.56. The minimum absolute atomic E-state index is 0.0286. The van der Waals surface area contributed by atoms with Crippen LogP contribution in [-0.2, 0) is 0 Å². The molecule has 0 saturated carbocycles. The maximum Gasteiger partial charge on any atom is 0.343 e. The van der Waals surface area contributed by atoms with E-state index in [1.165, 1.54) is 50.8 Å². The molecule has 1 heterocycles. The van der Waals surface area contributed by atoms with Crippen LogP contribution < -0.4 is 29.1 Å². The van der Waals surface area contributed by atoms with Gasteiger partial charge >= 0.3 is 5.97 Å². The van der Waals surface area contributed by atoms with Crippen molar-refractivity contribution in [3.05, 3.63) is 82.7 Å². The van der Waals surface area contributed by atoms with Crippen LogP contribution in [0, 0.1) is 0 Å². The predicted molar refractivity (Wildman–Crippen MR) is 120 cm³/mol. The first-order valence-electron chi connectivity index (χ1n) is 9.83. The molecule has 8 heteroatoms. The van der Waals surface area contributed by atoms with E-state index in [1.54, 1.807) is 37.4 Å². The summed E-state index contributed by atoms with van der Waals surface area (Å²) in [5, 5.41) is 0.281. The molecule has 8 nitrogen and oxygen atoms in total. The lowest BCUT2D eigenvalue weighted by atomic mass is 10.2. The highest BCUT2D eigenvalue weighted by Gasteiger charge is 2.15. The molecule has 0 saturated heterocycles. The van der Waals surface area contributed by atoms with Crippen LogP contribution in [-0.4, -0.2) is 27.3 Å². The Morgan fingerprint density at radius 1 is 0.727 bits per heavy atom. The molecular weight excluding hydrogens is 428 g/mol. The first kappa shape index (κ1) is 21.8. The van der Waals surface area contributed by atoms with E-state index in [4.69, 9.17) is 28.1 Å². The van der Waals surface area contributed by atoms with Crippen molar-refractivity contribution < 1.29 is 32.9 Å². The second-order valence-corrected chi connectivity index (χ2v) is 6.86. The molecule has 1 aromatic heterocycles. The van der Waals surface area contributed by atoms with Crippen molar-refractivity contribution in [1.29, 1.82) is 0 Å². The lowest BCUT2D eigenvalue weighted by Crippen LogP contribution is -2.09. The molecule has 0 fully saturated rings. The fraction of sp³-hybridized carbons (Fsp3) is 0.120. The van der Waals surface area contributed by atoms with Crippen LogP contribution in [0.3, 0.4) is 0 Å². The van der Waals surface area contributed by atoms with Crippen LogP contribution in [0.1, 0.15) is 10.4 Å². The van der Waals surface area contributed by atoms with Crippen LogP contribution in [0.4, 0.5) is 0 Å². The Morgan fingerprint density at radius 3 is 1.97 bits per heavy atom. The molecule has 0 bridgehead atoms. The van der Waals surface area contributed by atoms with Gasteiger partial charge in [0.15, 0.2) is 0 Å². The minimum atomic E-state index is -0.617. The Morgan fingerprint density at radius 2 is 1.33 bits per heavy atom. The van der Waals surface area contributed by atoms with Crippen LogP contribution in [0.15, 0.2) is 76.1 Å². The quantitative estimate of drug-likeness (QED) is 0.293. The SMILES string of the molecule is COc1ccc(Oc2coc3cc(OC(=O)c4cc(OC)cc(OC)c4)ccc3c2=O)cc1. The van der Waals surface area contributed by atoms with Gasteiger partial charge in [0.05, 0.1) is 32.3 Å². The van der Waals surface area contributed by atoms with Gasteiger partial charge in [-0.3, -0.25) is 4.79 Å². The molecule has 0 aliphatic carbocycles. The van der Waals surface area contributed by atoms with Gasteiger partial charge in [0, 0.05) is 12.1 Å². The van der Waals surface area contributed by atoms with Gasteiger partial charge < -0.3 is 28.1 Å². The van der Waals surface area contributed by atoms with Crippen molar-refractivity contribution in [2.75, 3.05) is 21.3 Å². The van der Waals surface area contributed by atoms with E-state index < -0.39 is 5.97 Å². The molecule has 4 aromatic rings. The van der Waals surface area contributed by atoms with Gasteiger partial charge in [-0.25, -0.2) is 4.79 Å². The molecule has 168 valence electrons. The molecule has 0 aliphatic rings. The summed E-state index contributed by atoms with van der Waals surface area (Å²) >= 11 is 0. The molecule has 0 radical (unpaired) electrons. The zero-order valence-corrected chi connectivity index (χ0v) is 18.1. The third-order valence-corrected chi connectivity index (χ3v) is 4.80. The first-order chi connectivity index (χ1) is 16.0. The third kappa shape index (κ3) is 4.74. The maximum atomic E-state index is 12.8. The Hall–Kier alpha value is -4.46. The molecule has 4 rings (SSSR count). The number of rotatable bonds is 7. The highest BCUT2D eigenvalue weighted by molar-refractivity contribution is 5.92. The van der Waals surface area contributed by atoms with Crippen molar-refractivity contribution >= 4 is 16.9 Å². The summed E-state index contributed by atoms with van der Waals surface area (Å²) in [6, 6.07) is 16.0. The number of hydrogen-bond donors (Lipinski definition) is 0. The van der Waals surface area contributed by atoms with Gasteiger partial charge in [-0.2, -0.15) is 0 Å². The maximum absolute atomic E-state index is 12.8. The summed E-state index contributed by atoms with van der Waals surface area (Å²) in [7, 11) is 4.54. The number of carbonyl (C=O) groups excluding carboxylic acids is 1. The summed E-state index contributed by atoms with van der Waals surface area (Å²) in [6.45, 7) is 0. The second-order valence-electron chi connectivity index (χ2n) is 6.86. The van der Waals surface area contributed by atoms with Crippen molar-refractivity contribution in [2.24, 2.45) is 0 Å². The molecular formula is C25H20O8. The largest absolute Gasteiger partial charge is 0.497 e. The van der Waals surface area contributed by atoms with Crippen LogP contribution in [0.2, 0.25) is 0 Å². The Bertz CT molecular complexity index is 1330. The fourth-order valence-electron chi connectivity index (χ4n) is 3.09. The highest BCUT2D eigenvalue weighted by Crippen LogP contribution is 2.27. The van der Waals surface area contributed by atoms with Gasteiger partial charge in [0.2, 0.25) is 11.2 Å². The Kier molecular flexibility index (Phi) is 6.17. The highest BCUT2D eigenvalue weighted by atomic mass is 16.5. The van der Waals surface area contributed by atoms with E-state index in [0.29, 0.717) is 23.0 Å². The van der Waals surface area contributed by atoms with Crippen molar-refractivity contribution in [1.82, 2.24) is 0 Å². The van der Waals surface area contributed by atoms with E-state index in [1.807, 2.05) is 0 Å². The molecule has 0 atom stereocenters. The molecule has 0 spiro atoms. The van der Waals surface area contributed by atoms with E-state index in [0.717, 1.165) is 0 Å². The molecule has 0 amide bonds. The molecule has 33 heavy (non-hydrogen) atoms. The lowest BCUT2D eigenvalue weighted by Gasteiger charge is -2.09. The summed E-state index contributed by atoms with van der Waals surface area (Å²) < 4.78 is 32.1. The number of benzene rings is 3. The van der Waals surface area contributed by atoms with Crippen LogP contribution in [0.25, 0.3) is 11.0 Å². The zero-order valence-electron chi connectivity index (χ0n) is 18.1. The summed E-state index contributed by atoms with van der Waals surface area (Å²) in [4.78, 5) is 25.4. The van der Waals surface area contributed by atoms with Gasteiger partial charge in [0.1, 0.15) is 40.6 Å². The second kappa shape index (κ2) is 9.35. The topological polar surface area (TPSA) is 93.4 Å². The average Bonchev–Trinajstić information content (AvgIpc) is 2.85. The first-order valence-corrected chi connectivity index (χ1v) is 9.83. The summed E-state index contributed by atoms with van der Waals surface area (Å²) in [6.07, 6.45) is 1.22. The monoisotopic (exact) mass is 448 g/mol. The minimum Gasteiger partial charge on any atom is -0.497 e. The number of methoxy groups -OCH3 is 3. The standard InChI is InChI=1S/C25H20O8/c1-28-16-4-6-17(7-5-16)32-23-14-31-22-13-18(8-9-21(22)24(23)26)33-25(27)15-10-19(29-2)12-20(11-15)30-3/h4-14H,1-3H3. The normalized spacial score (nSPS) is 10.5. The number of hydrogen-bond acceptors (Lipinski definition) is 8. The van der Waals surface area contributed by atoms with Gasteiger partial charge in [0.25, 0.3) is 0 Å². The average molecular weight is 448 g/mol. The van der Waals surface area contributed by atoms with E-state index in [9.17, 15) is 9.59 Å². The lowest BCUT2D eigenvalue weighted by molar-refractivity contribution is 0.0734. The molecule has 0 unspecified atom stereocenters. The summed E-state index contributed by atoms with van der Waals surface area (Å²) in [5.74, 6) is 1.66. The molecule has 0 N–H and O–H groups in total. The smallest absolute Gasteiger partial charge is 0.343 e. The summed E-state index contributed by atoms with van der Waals surface area (Å²) in [5.41, 5.74) is 0.133. The number of fused-ring (bicyclic) bond motifs is 1. The van der Waals surface area contributed by atoms with E-state index >= 15 is 0 Å². The van der Waals surface area contributed by atoms with Crippen LogP contribution in [0.5, 0.6) is 34.5 Å². The van der Waals surface area contributed by atoms with Crippen molar-refractivity contribution in [2.45, 2.75) is 0 Å². The zero-order chi connectivity index (χ0) is 23.4. The van der Waals surface area contributed by atoms with E-state index in [-0.39, 0.29) is 33.5 Å². The fourth-order valence-corrected chi connectivity index (χ4v) is 3.09. The number of carbonyl (C=O) groups is 1.